The van der Waals surface area contributed by atoms with Crippen LogP contribution in [0.2, 0.25) is 0 Å². The number of nitrogens with zero attached hydrogens (tertiary/aromatic N) is 4. The Morgan fingerprint density at radius 2 is 1.67 bits per heavy atom. The first-order valence-electron chi connectivity index (χ1n) is 19.4. The number of ether oxygens (including phenoxy) is 2. The molecule has 1 spiro atoms. The maximum absolute atomic E-state index is 13.7. The first-order chi connectivity index (χ1) is 27.2. The van der Waals surface area contributed by atoms with Gasteiger partial charge in [-0.1, -0.05) is 31.0 Å². The smallest absolute Gasteiger partial charge is 0.456 e. The van der Waals surface area contributed by atoms with Crippen molar-refractivity contribution < 1.29 is 46.1 Å². The molecule has 3 aliphatic rings. The summed E-state index contributed by atoms with van der Waals surface area (Å²) in [6, 6.07) is 17.8. The molecule has 0 saturated carbocycles. The second-order valence-corrected chi connectivity index (χ2v) is 16.3. The van der Waals surface area contributed by atoms with Crippen molar-refractivity contribution in [3.05, 3.63) is 82.4 Å². The van der Waals surface area contributed by atoms with Gasteiger partial charge in [0.05, 0.1) is 37.0 Å². The van der Waals surface area contributed by atoms with E-state index in [2.05, 4.69) is 38.4 Å². The summed E-state index contributed by atoms with van der Waals surface area (Å²) in [5, 5.41) is 8.97. The SMILES string of the molecule is CC(=O)N(CCCCCCOP(OCCC#N)N(C(C)C)C(C)C)c1ccc2c(c1)Oc1c(ccc3c1CCCN3C(=O)C(F)(F)F)C21OC(=O)c2ccccc21. The van der Waals surface area contributed by atoms with E-state index in [1.807, 2.05) is 0 Å². The molecule has 57 heavy (non-hydrogen) atoms. The zero-order valence-corrected chi connectivity index (χ0v) is 33.8. The van der Waals surface area contributed by atoms with Gasteiger partial charge < -0.3 is 28.3 Å². The largest absolute Gasteiger partial charge is 0.471 e. The van der Waals surface area contributed by atoms with Crippen molar-refractivity contribution in [2.24, 2.45) is 0 Å². The summed E-state index contributed by atoms with van der Waals surface area (Å²) in [7, 11) is -1.32. The van der Waals surface area contributed by atoms with Gasteiger partial charge in [0.1, 0.15) is 11.5 Å². The Balaban J connectivity index is 1.22. The van der Waals surface area contributed by atoms with Gasteiger partial charge in [-0.05, 0) is 83.7 Å². The molecule has 3 aliphatic heterocycles. The molecule has 0 aliphatic carbocycles. The Kier molecular flexibility index (Phi) is 12.9. The summed E-state index contributed by atoms with van der Waals surface area (Å²) < 4.78 is 68.3. The average molecular weight is 809 g/mol. The number of esters is 1. The number of rotatable bonds is 15. The molecule has 0 bridgehead atoms. The molecule has 15 heteroatoms. The van der Waals surface area contributed by atoms with Gasteiger partial charge in [0.2, 0.25) is 5.91 Å². The average Bonchev–Trinajstić information content (AvgIpc) is 3.46. The van der Waals surface area contributed by atoms with Crippen LogP contribution in [0, 0.1) is 11.3 Å². The van der Waals surface area contributed by atoms with Gasteiger partial charge in [-0.15, -0.1) is 0 Å². The fraction of sp³-hybridized carbons (Fsp3) is 0.476. The standard InChI is InChI=1S/C42H48F3N4O7P/c1-27(2)49(28(3)4)57(54-25-13-21-46)53-24-11-7-6-10-22-47(29(5)50)30-17-18-34-37(26-30)55-38-32-15-12-23-48(40(52)42(43,44)45)36(32)20-19-35(38)41(34)33-16-9-8-14-31(33)39(51)56-41/h8-9,14,16-20,26-28H,6-7,10-13,15,22-25H2,1-5H3. The predicted octanol–water partition coefficient (Wildman–Crippen LogP) is 9.30. The Hall–Kier alpha value is -4.54. The van der Waals surface area contributed by atoms with Crippen LogP contribution in [0.3, 0.4) is 0 Å². The quantitative estimate of drug-likeness (QED) is 0.0840. The normalized spacial score (nSPS) is 17.4. The van der Waals surface area contributed by atoms with E-state index in [1.54, 1.807) is 53.4 Å². The molecule has 3 aromatic carbocycles. The molecule has 3 heterocycles. The van der Waals surface area contributed by atoms with E-state index in [4.69, 9.17) is 23.8 Å². The molecule has 0 saturated heterocycles. The maximum atomic E-state index is 13.7. The number of unbranched alkanes of at least 4 members (excludes halogenated alkanes) is 3. The lowest BCUT2D eigenvalue weighted by molar-refractivity contribution is -0.170. The van der Waals surface area contributed by atoms with Crippen LogP contribution >= 0.6 is 8.53 Å². The third kappa shape index (κ3) is 8.39. The van der Waals surface area contributed by atoms with E-state index in [9.17, 15) is 27.6 Å². The van der Waals surface area contributed by atoms with E-state index >= 15 is 0 Å². The molecule has 304 valence electrons. The minimum Gasteiger partial charge on any atom is -0.456 e. The fourth-order valence-electron chi connectivity index (χ4n) is 7.98. The zero-order valence-electron chi connectivity index (χ0n) is 32.9. The fourth-order valence-corrected chi connectivity index (χ4v) is 9.61. The summed E-state index contributed by atoms with van der Waals surface area (Å²) in [6.45, 7) is 10.9. The second kappa shape index (κ2) is 17.5. The van der Waals surface area contributed by atoms with Crippen LogP contribution in [0.5, 0.6) is 11.5 Å². The number of hydrogen-bond donors (Lipinski definition) is 0. The third-order valence-corrected chi connectivity index (χ3v) is 12.5. The van der Waals surface area contributed by atoms with Crippen LogP contribution in [-0.4, -0.2) is 67.0 Å². The lowest BCUT2D eigenvalue weighted by Crippen LogP contribution is -2.44. The van der Waals surface area contributed by atoms with E-state index in [-0.39, 0.29) is 48.1 Å². The molecular weight excluding hydrogens is 760 g/mol. The van der Waals surface area contributed by atoms with Gasteiger partial charge in [-0.2, -0.15) is 18.4 Å². The number of carbonyl (C=O) groups is 3. The van der Waals surface area contributed by atoms with Crippen molar-refractivity contribution in [1.82, 2.24) is 4.67 Å². The molecule has 6 rings (SSSR count). The molecule has 2 amide bonds. The number of alkyl halides is 3. The third-order valence-electron chi connectivity index (χ3n) is 10.4. The van der Waals surface area contributed by atoms with Gasteiger partial charge in [0, 0.05) is 66.1 Å². The Morgan fingerprint density at radius 3 is 2.37 bits per heavy atom. The number of nitriles is 1. The summed E-state index contributed by atoms with van der Waals surface area (Å²) in [5.74, 6) is -2.21. The highest BCUT2D eigenvalue weighted by Crippen LogP contribution is 2.59. The molecule has 0 fully saturated rings. The Morgan fingerprint density at radius 1 is 0.965 bits per heavy atom. The molecule has 2 atom stereocenters. The predicted molar refractivity (Wildman–Crippen MR) is 209 cm³/mol. The summed E-state index contributed by atoms with van der Waals surface area (Å²) >= 11 is 0. The lowest BCUT2D eigenvalue weighted by Gasteiger charge is -2.40. The maximum Gasteiger partial charge on any atom is 0.471 e. The van der Waals surface area contributed by atoms with Crippen molar-refractivity contribution in [3.8, 4) is 17.6 Å². The van der Waals surface area contributed by atoms with Crippen LogP contribution < -0.4 is 14.5 Å². The Labute approximate surface area is 332 Å². The summed E-state index contributed by atoms with van der Waals surface area (Å²) in [5.41, 5.74) is 1.41. The van der Waals surface area contributed by atoms with Gasteiger partial charge >= 0.3 is 18.1 Å². The molecule has 11 nitrogen and oxygen atoms in total. The van der Waals surface area contributed by atoms with E-state index in [1.165, 1.54) is 13.0 Å². The summed E-state index contributed by atoms with van der Waals surface area (Å²) in [4.78, 5) is 41.4. The molecular formula is C42H48F3N4O7P. The molecule has 3 aromatic rings. The van der Waals surface area contributed by atoms with Crippen molar-refractivity contribution in [1.29, 1.82) is 5.26 Å². The van der Waals surface area contributed by atoms with Gasteiger partial charge in [0.25, 0.3) is 8.53 Å². The van der Waals surface area contributed by atoms with Crippen LogP contribution in [-0.2, 0) is 35.4 Å². The van der Waals surface area contributed by atoms with Gasteiger partial charge in [0.15, 0.2) is 5.60 Å². The van der Waals surface area contributed by atoms with Crippen molar-refractivity contribution in [3.63, 3.8) is 0 Å². The molecule has 0 N–H and O–H groups in total. The lowest BCUT2D eigenvalue weighted by atomic mass is 9.76. The van der Waals surface area contributed by atoms with E-state index in [0.29, 0.717) is 72.5 Å². The van der Waals surface area contributed by atoms with Crippen LogP contribution in [0.1, 0.15) is 106 Å². The van der Waals surface area contributed by atoms with Crippen LogP contribution in [0.4, 0.5) is 24.5 Å². The molecule has 0 aromatic heterocycles. The number of benzene rings is 3. The van der Waals surface area contributed by atoms with E-state index in [0.717, 1.165) is 24.2 Å². The number of fused-ring (bicyclic) bond motifs is 8. The van der Waals surface area contributed by atoms with Crippen LogP contribution in [0.25, 0.3) is 0 Å². The summed E-state index contributed by atoms with van der Waals surface area (Å²) in [6.07, 6.45) is -1.03. The Bertz CT molecular complexity index is 2030. The molecule has 0 radical (unpaired) electrons. The van der Waals surface area contributed by atoms with Crippen LogP contribution in [0.15, 0.2) is 54.6 Å². The first-order valence-corrected chi connectivity index (χ1v) is 20.5. The number of halogens is 3. The van der Waals surface area contributed by atoms with Gasteiger partial charge in [-0.3, -0.25) is 9.59 Å². The topological polar surface area (TPSA) is 122 Å². The highest BCUT2D eigenvalue weighted by molar-refractivity contribution is 7.44. The van der Waals surface area contributed by atoms with Crippen molar-refractivity contribution in [2.45, 2.75) is 103 Å². The number of hydrogen-bond acceptors (Lipinski definition) is 9. The highest BCUT2D eigenvalue weighted by atomic mass is 31.2. The van der Waals surface area contributed by atoms with Gasteiger partial charge in [-0.25, -0.2) is 9.46 Å². The van der Waals surface area contributed by atoms with Crippen molar-refractivity contribution in [2.75, 3.05) is 36.1 Å². The number of carbonyl (C=O) groups excluding carboxylic acids is 3. The van der Waals surface area contributed by atoms with Crippen molar-refractivity contribution >= 4 is 37.7 Å². The number of amides is 2. The zero-order chi connectivity index (χ0) is 41.1. The monoisotopic (exact) mass is 808 g/mol. The minimum atomic E-state index is -5.07. The number of anilines is 2. The van der Waals surface area contributed by atoms with E-state index < -0.39 is 32.2 Å². The molecule has 2 unspecified atom stereocenters. The first kappa shape index (κ1) is 42.1. The second-order valence-electron chi connectivity index (χ2n) is 14.9. The highest BCUT2D eigenvalue weighted by Gasteiger charge is 2.55. The minimum absolute atomic E-state index is 0.0887.